The first kappa shape index (κ1) is 19.5. The van der Waals surface area contributed by atoms with Gasteiger partial charge in [0.1, 0.15) is 5.37 Å². The molecule has 27 heavy (non-hydrogen) atoms. The molecular weight excluding hydrogens is 360 g/mol. The Bertz CT molecular complexity index is 838. The Morgan fingerprint density at radius 2 is 1.63 bits per heavy atom. The van der Waals surface area contributed by atoms with Crippen LogP contribution in [0.1, 0.15) is 43.2 Å². The first-order valence-corrected chi connectivity index (χ1v) is 11.2. The molecule has 1 atom stereocenters. The molecule has 0 bridgehead atoms. The van der Waals surface area contributed by atoms with Crippen molar-refractivity contribution in [3.63, 3.8) is 0 Å². The lowest BCUT2D eigenvalue weighted by molar-refractivity contribution is -0.141. The van der Waals surface area contributed by atoms with Gasteiger partial charge in [-0.3, -0.25) is 9.78 Å². The van der Waals surface area contributed by atoms with Gasteiger partial charge in [-0.25, -0.2) is 8.42 Å². The van der Waals surface area contributed by atoms with Crippen LogP contribution in [0.3, 0.4) is 0 Å². The minimum Gasteiger partial charge on any atom is -0.325 e. The molecule has 1 aromatic carbocycles. The van der Waals surface area contributed by atoms with E-state index in [1.807, 2.05) is 42.5 Å². The number of nitrogens with zero attached hydrogens (tertiary/aromatic N) is 2. The summed E-state index contributed by atoms with van der Waals surface area (Å²) < 4.78 is 25.3. The van der Waals surface area contributed by atoms with Crippen LogP contribution in [0.25, 0.3) is 0 Å². The highest BCUT2D eigenvalue weighted by atomic mass is 32.2. The minimum atomic E-state index is -3.34. The second-order valence-electron chi connectivity index (χ2n) is 7.06. The molecule has 0 aliphatic carbocycles. The average Bonchev–Trinajstić information content (AvgIpc) is 2.66. The van der Waals surface area contributed by atoms with Crippen molar-refractivity contribution in [2.75, 3.05) is 6.54 Å². The highest BCUT2D eigenvalue weighted by molar-refractivity contribution is 7.91. The third-order valence-corrected chi connectivity index (χ3v) is 6.99. The van der Waals surface area contributed by atoms with Crippen molar-refractivity contribution in [3.05, 3.63) is 66.0 Å². The second-order valence-corrected chi connectivity index (χ2v) is 9.22. The number of amides is 1. The zero-order valence-corrected chi connectivity index (χ0v) is 16.3. The number of likely N-dealkylation sites (tertiary alicyclic amines) is 1. The molecule has 1 fully saturated rings. The van der Waals surface area contributed by atoms with Crippen molar-refractivity contribution in [3.8, 4) is 0 Å². The van der Waals surface area contributed by atoms with Crippen LogP contribution in [-0.4, -0.2) is 36.1 Å². The number of hydrogen-bond donors (Lipinski definition) is 0. The van der Waals surface area contributed by atoms with Gasteiger partial charge in [0, 0.05) is 18.9 Å². The fraction of sp³-hybridized carbons (Fsp3) is 0.429. The number of aromatic nitrogens is 1. The largest absolute Gasteiger partial charge is 0.325 e. The number of sulfone groups is 1. The highest BCUT2D eigenvalue weighted by Gasteiger charge is 2.44. The average molecular weight is 387 g/mol. The molecule has 6 heteroatoms. The Hall–Kier alpha value is -2.21. The van der Waals surface area contributed by atoms with E-state index in [-0.39, 0.29) is 18.1 Å². The maximum atomic E-state index is 12.6. The van der Waals surface area contributed by atoms with E-state index in [0.29, 0.717) is 6.54 Å². The van der Waals surface area contributed by atoms with Gasteiger partial charge in [0.2, 0.25) is 5.91 Å². The molecule has 0 spiro atoms. The summed E-state index contributed by atoms with van der Waals surface area (Å²) in [5, 5.41) is -0.651. The van der Waals surface area contributed by atoms with E-state index in [9.17, 15) is 13.2 Å². The Morgan fingerprint density at radius 1 is 0.926 bits per heavy atom. The zero-order chi connectivity index (χ0) is 19.1. The molecule has 1 amide bonds. The maximum absolute atomic E-state index is 12.6. The molecule has 2 heterocycles. The first-order valence-electron chi connectivity index (χ1n) is 9.50. The van der Waals surface area contributed by atoms with Gasteiger partial charge in [-0.05, 0) is 42.5 Å². The number of benzene rings is 1. The van der Waals surface area contributed by atoms with E-state index in [1.54, 1.807) is 17.3 Å². The Balaban J connectivity index is 1.40. The van der Waals surface area contributed by atoms with Gasteiger partial charge in [-0.1, -0.05) is 43.2 Å². The van der Waals surface area contributed by atoms with Crippen molar-refractivity contribution in [2.24, 2.45) is 0 Å². The fourth-order valence-corrected chi connectivity index (χ4v) is 5.29. The highest BCUT2D eigenvalue weighted by Crippen LogP contribution is 2.27. The fourth-order valence-electron chi connectivity index (χ4n) is 3.43. The van der Waals surface area contributed by atoms with Crippen LogP contribution >= 0.6 is 0 Å². The van der Waals surface area contributed by atoms with E-state index in [1.165, 1.54) is 5.56 Å². The monoisotopic (exact) mass is 386 g/mol. The first-order chi connectivity index (χ1) is 13.1. The zero-order valence-electron chi connectivity index (χ0n) is 15.5. The Labute approximate surface area is 161 Å². The summed E-state index contributed by atoms with van der Waals surface area (Å²) in [4.78, 5) is 17.5. The summed E-state index contributed by atoms with van der Waals surface area (Å²) in [7, 11) is -3.34. The molecule has 1 aliphatic rings. The van der Waals surface area contributed by atoms with Crippen LogP contribution in [0.5, 0.6) is 0 Å². The molecule has 3 rings (SSSR count). The molecule has 0 saturated carbocycles. The summed E-state index contributed by atoms with van der Waals surface area (Å²) in [5.74, 6) is -0.0535. The minimum absolute atomic E-state index is 0.00573. The predicted molar refractivity (Wildman–Crippen MR) is 106 cm³/mol. The van der Waals surface area contributed by atoms with E-state index in [4.69, 9.17) is 0 Å². The SMILES string of the molecule is O=C1CC(S(=O)(=O)Cc2ccccc2)N1CCCCCCc1ccncc1. The van der Waals surface area contributed by atoms with Crippen LogP contribution in [0.15, 0.2) is 54.9 Å². The van der Waals surface area contributed by atoms with Crippen molar-refractivity contribution in [2.45, 2.75) is 49.7 Å². The van der Waals surface area contributed by atoms with Crippen molar-refractivity contribution < 1.29 is 13.2 Å². The lowest BCUT2D eigenvalue weighted by atomic mass is 10.1. The second kappa shape index (κ2) is 9.13. The quantitative estimate of drug-likeness (QED) is 0.464. The third kappa shape index (κ3) is 5.39. The number of pyridine rings is 1. The number of aryl methyl sites for hydroxylation is 1. The van der Waals surface area contributed by atoms with Crippen molar-refractivity contribution >= 4 is 15.7 Å². The lowest BCUT2D eigenvalue weighted by Gasteiger charge is -2.39. The van der Waals surface area contributed by atoms with Gasteiger partial charge in [0.15, 0.2) is 9.84 Å². The number of carbonyl (C=O) groups is 1. The molecule has 5 nitrogen and oxygen atoms in total. The van der Waals surface area contributed by atoms with Crippen molar-refractivity contribution in [1.29, 1.82) is 0 Å². The van der Waals surface area contributed by atoms with Gasteiger partial charge in [-0.15, -0.1) is 0 Å². The van der Waals surface area contributed by atoms with Crippen LogP contribution in [0.4, 0.5) is 0 Å². The van der Waals surface area contributed by atoms with E-state index >= 15 is 0 Å². The van der Waals surface area contributed by atoms with Gasteiger partial charge < -0.3 is 4.90 Å². The van der Waals surface area contributed by atoms with Crippen LogP contribution < -0.4 is 0 Å². The van der Waals surface area contributed by atoms with Crippen LogP contribution in [0.2, 0.25) is 0 Å². The van der Waals surface area contributed by atoms with Gasteiger partial charge in [-0.2, -0.15) is 0 Å². The number of carbonyl (C=O) groups excluding carboxylic acids is 1. The van der Waals surface area contributed by atoms with Crippen LogP contribution in [-0.2, 0) is 26.8 Å². The third-order valence-electron chi connectivity index (χ3n) is 5.01. The number of rotatable bonds is 10. The van der Waals surface area contributed by atoms with E-state index < -0.39 is 15.2 Å². The molecule has 1 saturated heterocycles. The summed E-state index contributed by atoms with van der Waals surface area (Å²) in [6.07, 6.45) is 8.78. The molecule has 1 aromatic heterocycles. The molecular formula is C21H26N2O3S. The lowest BCUT2D eigenvalue weighted by Crippen LogP contribution is -2.56. The van der Waals surface area contributed by atoms with Crippen LogP contribution in [0, 0.1) is 0 Å². The molecule has 0 radical (unpaired) electrons. The molecule has 0 N–H and O–H groups in total. The Morgan fingerprint density at radius 3 is 2.33 bits per heavy atom. The molecule has 144 valence electrons. The predicted octanol–water partition coefficient (Wildman–Crippen LogP) is 3.36. The van der Waals surface area contributed by atoms with Gasteiger partial charge in [0.05, 0.1) is 12.2 Å². The number of β-lactam (4-membered cyclic amide) rings is 1. The summed E-state index contributed by atoms with van der Waals surface area (Å²) >= 11 is 0. The summed E-state index contributed by atoms with van der Waals surface area (Å²) in [5.41, 5.74) is 2.06. The standard InChI is InChI=1S/C21H26N2O3S/c24-20-16-21(27(25,26)17-19-9-5-3-6-10-19)23(20)15-7-2-1-4-8-18-11-13-22-14-12-18/h3,5-6,9-14,21H,1-2,4,7-8,15-17H2. The summed E-state index contributed by atoms with van der Waals surface area (Å²) in [6.45, 7) is 0.535. The topological polar surface area (TPSA) is 67.3 Å². The van der Waals surface area contributed by atoms with Gasteiger partial charge in [0.25, 0.3) is 0 Å². The maximum Gasteiger partial charge on any atom is 0.226 e. The smallest absolute Gasteiger partial charge is 0.226 e. The van der Waals surface area contributed by atoms with E-state index in [0.717, 1.165) is 37.7 Å². The molecule has 1 unspecified atom stereocenters. The van der Waals surface area contributed by atoms with E-state index in [2.05, 4.69) is 4.98 Å². The molecule has 2 aromatic rings. The van der Waals surface area contributed by atoms with Gasteiger partial charge >= 0.3 is 0 Å². The number of hydrogen-bond acceptors (Lipinski definition) is 4. The normalized spacial score (nSPS) is 17.0. The molecule has 1 aliphatic heterocycles. The summed E-state index contributed by atoms with van der Waals surface area (Å²) in [6, 6.07) is 13.2. The Kier molecular flexibility index (Phi) is 6.61. The number of unbranched alkanes of at least 4 members (excludes halogenated alkanes) is 3. The van der Waals surface area contributed by atoms with Crippen molar-refractivity contribution in [1.82, 2.24) is 9.88 Å².